The lowest BCUT2D eigenvalue weighted by molar-refractivity contribution is -0.160. The van der Waals surface area contributed by atoms with Crippen LogP contribution in [0.1, 0.15) is 26.3 Å². The second-order valence-electron chi connectivity index (χ2n) is 10.7. The summed E-state index contributed by atoms with van der Waals surface area (Å²) in [5, 5.41) is 0. The molecule has 0 spiro atoms. The zero-order valence-electron chi connectivity index (χ0n) is 28.3. The molecule has 268 valence electrons. The lowest BCUT2D eigenvalue weighted by atomic mass is 10.2. The molecule has 0 aliphatic rings. The van der Waals surface area contributed by atoms with Gasteiger partial charge in [-0.05, 0) is 26.3 Å². The molecule has 0 bridgehead atoms. The smallest absolute Gasteiger partial charge is 0.332 e. The van der Waals surface area contributed by atoms with Gasteiger partial charge in [-0.2, -0.15) is 0 Å². The van der Waals surface area contributed by atoms with Gasteiger partial charge in [-0.3, -0.25) is 0 Å². The van der Waals surface area contributed by atoms with Gasteiger partial charge in [0.05, 0.1) is 139 Å². The van der Waals surface area contributed by atoms with E-state index in [0.29, 0.717) is 139 Å². The van der Waals surface area contributed by atoms with Gasteiger partial charge in [0, 0.05) is 0 Å². The van der Waals surface area contributed by atoms with E-state index < -0.39 is 5.60 Å². The average Bonchev–Trinajstić information content (AvgIpc) is 3.03. The molecule has 0 saturated carbocycles. The molecule has 46 heavy (non-hydrogen) atoms. The summed E-state index contributed by atoms with van der Waals surface area (Å²) in [6.07, 6.45) is 0. The van der Waals surface area contributed by atoms with E-state index >= 15 is 0 Å². The molecule has 0 saturated heterocycles. The largest absolute Gasteiger partial charge is 0.458 e. The van der Waals surface area contributed by atoms with Gasteiger partial charge in [0.15, 0.2) is 0 Å². The Labute approximate surface area is 275 Å². The van der Waals surface area contributed by atoms with Crippen LogP contribution in [0.3, 0.4) is 0 Å². The predicted molar refractivity (Wildman–Crippen MR) is 170 cm³/mol. The number of hydrogen-bond donors (Lipinski definition) is 0. The van der Waals surface area contributed by atoms with Crippen molar-refractivity contribution in [3.63, 3.8) is 0 Å². The van der Waals surface area contributed by atoms with Crippen molar-refractivity contribution in [2.45, 2.75) is 33.0 Å². The van der Waals surface area contributed by atoms with E-state index in [1.165, 1.54) is 0 Å². The first kappa shape index (κ1) is 42.3. The first-order chi connectivity index (χ1) is 22.5. The fourth-order valence-corrected chi connectivity index (χ4v) is 3.39. The van der Waals surface area contributed by atoms with Crippen molar-refractivity contribution in [3.8, 4) is 0 Å². The van der Waals surface area contributed by atoms with Gasteiger partial charge < -0.3 is 56.8 Å². The van der Waals surface area contributed by atoms with E-state index in [0.717, 1.165) is 5.56 Å². The van der Waals surface area contributed by atoms with Gasteiger partial charge in [0.25, 0.3) is 0 Å². The topological polar surface area (TPSA) is 128 Å². The lowest BCUT2D eigenvalue weighted by Crippen LogP contribution is -2.27. The Hall–Kier alpha value is -1.75. The molecule has 0 atom stereocenters. The number of carbonyl (C=O) groups excluding carboxylic acids is 1. The molecule has 0 fully saturated rings. The quantitative estimate of drug-likeness (QED) is 0.0794. The molecule has 0 aliphatic heterocycles. The van der Waals surface area contributed by atoms with Crippen molar-refractivity contribution in [1.82, 2.24) is 0 Å². The van der Waals surface area contributed by atoms with Crippen LogP contribution in [0.5, 0.6) is 0 Å². The van der Waals surface area contributed by atoms with E-state index in [1.807, 2.05) is 51.1 Å². The molecular formula is C33H58O13. The van der Waals surface area contributed by atoms with Crippen LogP contribution in [0.4, 0.5) is 0 Å². The van der Waals surface area contributed by atoms with Crippen LogP contribution >= 0.6 is 0 Å². The van der Waals surface area contributed by atoms with Crippen LogP contribution in [0.2, 0.25) is 0 Å². The molecule has 13 nitrogen and oxygen atoms in total. The minimum atomic E-state index is -0.510. The fourth-order valence-electron chi connectivity index (χ4n) is 3.39. The van der Waals surface area contributed by atoms with Gasteiger partial charge in [-0.15, -0.1) is 0 Å². The Bertz CT molecular complexity index is 777. The van der Waals surface area contributed by atoms with Crippen LogP contribution in [0.25, 0.3) is 0 Å². The summed E-state index contributed by atoms with van der Waals surface area (Å²) in [7, 11) is 0. The van der Waals surface area contributed by atoms with Crippen molar-refractivity contribution in [2.75, 3.05) is 139 Å². The first-order valence-corrected chi connectivity index (χ1v) is 16.1. The maximum atomic E-state index is 11.5. The number of ether oxygens (including phenoxy) is 12. The third-order valence-corrected chi connectivity index (χ3v) is 5.47. The fraction of sp³-hybridized carbons (Fsp3) is 0.788. The summed E-state index contributed by atoms with van der Waals surface area (Å²) < 4.78 is 65.1. The molecule has 0 aromatic heterocycles. The van der Waals surface area contributed by atoms with E-state index in [2.05, 4.69) is 0 Å². The van der Waals surface area contributed by atoms with E-state index in [1.54, 1.807) is 0 Å². The zero-order valence-corrected chi connectivity index (χ0v) is 28.3. The number of hydrogen-bond acceptors (Lipinski definition) is 13. The molecule has 0 heterocycles. The first-order valence-electron chi connectivity index (χ1n) is 16.1. The van der Waals surface area contributed by atoms with Crippen molar-refractivity contribution in [1.29, 1.82) is 0 Å². The Balaban J connectivity index is 1.64. The summed E-state index contributed by atoms with van der Waals surface area (Å²) in [6.45, 7) is 15.7. The lowest BCUT2D eigenvalue weighted by Gasteiger charge is -2.19. The Kier molecular flexibility index (Phi) is 29.3. The summed E-state index contributed by atoms with van der Waals surface area (Å²) >= 11 is 0. The molecule has 0 aliphatic carbocycles. The number of benzene rings is 1. The van der Waals surface area contributed by atoms with Gasteiger partial charge in [0.1, 0.15) is 12.2 Å². The number of carbonyl (C=O) groups is 1. The highest BCUT2D eigenvalue weighted by atomic mass is 16.6. The van der Waals surface area contributed by atoms with Crippen molar-refractivity contribution >= 4 is 5.97 Å². The third-order valence-electron chi connectivity index (χ3n) is 5.47. The van der Waals surface area contributed by atoms with Gasteiger partial charge in [-0.1, -0.05) is 30.3 Å². The SMILES string of the molecule is CC(C)(C)OC(=O)COCCOCCOCCOCCOCCOCCOCCOCCOCCOCCOCc1ccccc1. The normalized spacial score (nSPS) is 11.7. The maximum absolute atomic E-state index is 11.5. The Morgan fingerprint density at radius 3 is 1.02 bits per heavy atom. The maximum Gasteiger partial charge on any atom is 0.332 e. The van der Waals surface area contributed by atoms with Crippen LogP contribution in [0.15, 0.2) is 30.3 Å². The summed E-state index contributed by atoms with van der Waals surface area (Å²) in [5.74, 6) is -0.386. The van der Waals surface area contributed by atoms with Crippen molar-refractivity contribution < 1.29 is 61.6 Å². The van der Waals surface area contributed by atoms with Crippen molar-refractivity contribution in [2.24, 2.45) is 0 Å². The molecular weight excluding hydrogens is 604 g/mol. The standard InChI is InChI=1S/C33H58O13/c1-33(2,3)46-32(34)30-45-28-26-43-24-22-41-20-18-39-16-14-37-12-10-35-9-11-36-13-15-38-17-19-40-21-23-42-25-27-44-29-31-7-5-4-6-8-31/h4-8H,9-30H2,1-3H3. The summed E-state index contributed by atoms with van der Waals surface area (Å²) in [4.78, 5) is 11.5. The second kappa shape index (κ2) is 31.8. The highest BCUT2D eigenvalue weighted by Crippen LogP contribution is 2.06. The molecule has 0 N–H and O–H groups in total. The van der Waals surface area contributed by atoms with Crippen LogP contribution < -0.4 is 0 Å². The molecule has 0 unspecified atom stereocenters. The summed E-state index contributed by atoms with van der Waals surface area (Å²) in [6, 6.07) is 10.1. The van der Waals surface area contributed by atoms with E-state index in [-0.39, 0.29) is 12.6 Å². The molecule has 1 aromatic rings. The second-order valence-corrected chi connectivity index (χ2v) is 10.7. The predicted octanol–water partition coefficient (Wildman–Crippen LogP) is 2.71. The third kappa shape index (κ3) is 32.2. The molecule has 1 rings (SSSR count). The monoisotopic (exact) mass is 662 g/mol. The average molecular weight is 663 g/mol. The van der Waals surface area contributed by atoms with Crippen LogP contribution in [-0.4, -0.2) is 150 Å². The van der Waals surface area contributed by atoms with Gasteiger partial charge in [-0.25, -0.2) is 4.79 Å². The minimum absolute atomic E-state index is 0.0824. The van der Waals surface area contributed by atoms with Gasteiger partial charge >= 0.3 is 5.97 Å². The van der Waals surface area contributed by atoms with Crippen LogP contribution in [-0.2, 0) is 68.2 Å². The Morgan fingerprint density at radius 2 is 0.717 bits per heavy atom. The molecule has 0 radical (unpaired) electrons. The highest BCUT2D eigenvalue weighted by molar-refractivity contribution is 5.71. The molecule has 13 heteroatoms. The Morgan fingerprint density at radius 1 is 0.435 bits per heavy atom. The summed E-state index contributed by atoms with van der Waals surface area (Å²) in [5.41, 5.74) is 0.645. The number of esters is 1. The molecule has 1 aromatic carbocycles. The minimum Gasteiger partial charge on any atom is -0.458 e. The highest BCUT2D eigenvalue weighted by Gasteiger charge is 2.15. The van der Waals surface area contributed by atoms with Crippen LogP contribution in [0, 0.1) is 0 Å². The van der Waals surface area contributed by atoms with Crippen molar-refractivity contribution in [3.05, 3.63) is 35.9 Å². The molecule has 0 amide bonds. The number of rotatable bonds is 34. The zero-order chi connectivity index (χ0) is 33.2. The van der Waals surface area contributed by atoms with E-state index in [9.17, 15) is 4.79 Å². The van der Waals surface area contributed by atoms with E-state index in [4.69, 9.17) is 56.8 Å². The van der Waals surface area contributed by atoms with Gasteiger partial charge in [0.2, 0.25) is 0 Å².